The molecule has 126 valence electrons. The van der Waals surface area contributed by atoms with E-state index in [4.69, 9.17) is 0 Å². The normalized spacial score (nSPS) is 15.5. The van der Waals surface area contributed by atoms with E-state index in [1.807, 2.05) is 18.7 Å². The number of likely N-dealkylation sites (N-methyl/N-ethyl adjacent to an activating group) is 1. The summed E-state index contributed by atoms with van der Waals surface area (Å²) < 4.78 is 13.7. The molecular weight excluding hydrogens is 297 g/mol. The third-order valence-electron chi connectivity index (χ3n) is 4.24. The number of hydrogen-bond acceptors (Lipinski definition) is 3. The SMILES string of the molecule is CCN(CC)C(=O)CN1CCN(C(=O)c2ccccc2F)CC1. The standard InChI is InChI=1S/C17H24FN3O2/c1-3-20(4-2)16(22)13-19-9-11-21(12-10-19)17(23)14-7-5-6-8-15(14)18/h5-8H,3-4,9-13H2,1-2H3. The van der Waals surface area contributed by atoms with E-state index in [1.165, 1.54) is 12.1 Å². The van der Waals surface area contributed by atoms with Gasteiger partial charge < -0.3 is 9.80 Å². The number of rotatable bonds is 5. The second kappa shape index (κ2) is 8.06. The first kappa shape index (κ1) is 17.4. The number of halogens is 1. The number of nitrogens with zero attached hydrogens (tertiary/aromatic N) is 3. The summed E-state index contributed by atoms with van der Waals surface area (Å²) in [4.78, 5) is 30.0. The van der Waals surface area contributed by atoms with Crippen LogP contribution in [0.3, 0.4) is 0 Å². The van der Waals surface area contributed by atoms with Gasteiger partial charge in [0, 0.05) is 39.3 Å². The molecule has 5 nitrogen and oxygen atoms in total. The topological polar surface area (TPSA) is 43.9 Å². The molecule has 0 bridgehead atoms. The number of piperazine rings is 1. The zero-order chi connectivity index (χ0) is 16.8. The lowest BCUT2D eigenvalue weighted by molar-refractivity contribution is -0.132. The fourth-order valence-electron chi connectivity index (χ4n) is 2.78. The van der Waals surface area contributed by atoms with Gasteiger partial charge in [0.15, 0.2) is 0 Å². The van der Waals surface area contributed by atoms with Crippen LogP contribution in [0.4, 0.5) is 4.39 Å². The molecule has 1 aromatic rings. The van der Waals surface area contributed by atoms with Crippen molar-refractivity contribution in [2.75, 3.05) is 45.8 Å². The monoisotopic (exact) mass is 321 g/mol. The van der Waals surface area contributed by atoms with Crippen molar-refractivity contribution in [2.45, 2.75) is 13.8 Å². The molecule has 2 rings (SSSR count). The number of hydrogen-bond donors (Lipinski definition) is 0. The molecule has 1 heterocycles. The largest absolute Gasteiger partial charge is 0.342 e. The van der Waals surface area contributed by atoms with Crippen molar-refractivity contribution in [1.29, 1.82) is 0 Å². The summed E-state index contributed by atoms with van der Waals surface area (Å²) in [6.07, 6.45) is 0. The molecule has 1 aliphatic rings. The molecule has 0 unspecified atom stereocenters. The van der Waals surface area contributed by atoms with Gasteiger partial charge in [0.25, 0.3) is 5.91 Å². The predicted molar refractivity (Wildman–Crippen MR) is 86.7 cm³/mol. The Hall–Kier alpha value is -1.95. The molecule has 0 aromatic heterocycles. The average Bonchev–Trinajstić information content (AvgIpc) is 2.56. The fraction of sp³-hybridized carbons (Fsp3) is 0.529. The molecule has 0 spiro atoms. The van der Waals surface area contributed by atoms with Gasteiger partial charge in [-0.1, -0.05) is 12.1 Å². The van der Waals surface area contributed by atoms with Crippen LogP contribution in [0.15, 0.2) is 24.3 Å². The van der Waals surface area contributed by atoms with Crippen LogP contribution in [0.2, 0.25) is 0 Å². The van der Waals surface area contributed by atoms with Crippen LogP contribution in [-0.2, 0) is 4.79 Å². The van der Waals surface area contributed by atoms with Crippen LogP contribution in [0.25, 0.3) is 0 Å². The molecule has 0 saturated carbocycles. The maximum absolute atomic E-state index is 13.7. The van der Waals surface area contributed by atoms with Crippen molar-refractivity contribution in [3.63, 3.8) is 0 Å². The average molecular weight is 321 g/mol. The quantitative estimate of drug-likeness (QED) is 0.824. The van der Waals surface area contributed by atoms with E-state index in [2.05, 4.69) is 0 Å². The third-order valence-corrected chi connectivity index (χ3v) is 4.24. The fourth-order valence-corrected chi connectivity index (χ4v) is 2.78. The Morgan fingerprint density at radius 2 is 1.70 bits per heavy atom. The molecule has 1 aromatic carbocycles. The van der Waals surface area contributed by atoms with Gasteiger partial charge >= 0.3 is 0 Å². The van der Waals surface area contributed by atoms with Crippen LogP contribution in [0.1, 0.15) is 24.2 Å². The third kappa shape index (κ3) is 4.28. The second-order valence-corrected chi connectivity index (χ2v) is 5.61. The van der Waals surface area contributed by atoms with Crippen LogP contribution >= 0.6 is 0 Å². The predicted octanol–water partition coefficient (Wildman–Crippen LogP) is 1.45. The Kier molecular flexibility index (Phi) is 6.10. The van der Waals surface area contributed by atoms with Gasteiger partial charge in [-0.3, -0.25) is 14.5 Å². The first-order chi connectivity index (χ1) is 11.1. The van der Waals surface area contributed by atoms with Gasteiger partial charge in [-0.2, -0.15) is 0 Å². The van der Waals surface area contributed by atoms with Gasteiger partial charge in [-0.05, 0) is 26.0 Å². The van der Waals surface area contributed by atoms with Crippen LogP contribution in [-0.4, -0.2) is 72.3 Å². The minimum absolute atomic E-state index is 0.111. The molecule has 0 aliphatic carbocycles. The summed E-state index contributed by atoms with van der Waals surface area (Å²) in [5, 5.41) is 0. The Morgan fingerprint density at radius 3 is 2.26 bits per heavy atom. The Morgan fingerprint density at radius 1 is 1.09 bits per heavy atom. The molecule has 6 heteroatoms. The maximum Gasteiger partial charge on any atom is 0.256 e. The summed E-state index contributed by atoms with van der Waals surface area (Å²) in [5.74, 6) is -0.654. The summed E-state index contributed by atoms with van der Waals surface area (Å²) in [7, 11) is 0. The summed E-state index contributed by atoms with van der Waals surface area (Å²) in [6, 6.07) is 6.04. The minimum atomic E-state index is -0.489. The molecule has 23 heavy (non-hydrogen) atoms. The zero-order valence-corrected chi connectivity index (χ0v) is 13.8. The smallest absolute Gasteiger partial charge is 0.256 e. The molecule has 1 saturated heterocycles. The van der Waals surface area contributed by atoms with E-state index >= 15 is 0 Å². The van der Waals surface area contributed by atoms with Crippen LogP contribution in [0, 0.1) is 5.82 Å². The second-order valence-electron chi connectivity index (χ2n) is 5.61. The van der Waals surface area contributed by atoms with Crippen molar-refractivity contribution in [2.24, 2.45) is 0 Å². The maximum atomic E-state index is 13.7. The number of benzene rings is 1. The highest BCUT2D eigenvalue weighted by atomic mass is 19.1. The summed E-state index contributed by atoms with van der Waals surface area (Å²) in [6.45, 7) is 8.02. The Balaban J connectivity index is 1.88. The Labute approximate surface area is 136 Å². The van der Waals surface area contributed by atoms with E-state index in [1.54, 1.807) is 21.9 Å². The van der Waals surface area contributed by atoms with E-state index < -0.39 is 5.82 Å². The highest BCUT2D eigenvalue weighted by molar-refractivity contribution is 5.94. The molecule has 1 fully saturated rings. The number of amides is 2. The molecule has 2 amide bonds. The van der Waals surface area contributed by atoms with Gasteiger partial charge in [0.1, 0.15) is 5.82 Å². The lowest BCUT2D eigenvalue weighted by Gasteiger charge is -2.35. The minimum Gasteiger partial charge on any atom is -0.342 e. The summed E-state index contributed by atoms with van der Waals surface area (Å²) in [5.41, 5.74) is 0.111. The van der Waals surface area contributed by atoms with Gasteiger partial charge in [0.2, 0.25) is 5.91 Å². The molecule has 1 aliphatic heterocycles. The Bertz CT molecular complexity index is 553. The molecule has 0 atom stereocenters. The van der Waals surface area contributed by atoms with Crippen molar-refractivity contribution in [3.05, 3.63) is 35.6 Å². The van der Waals surface area contributed by atoms with E-state index in [-0.39, 0.29) is 17.4 Å². The highest BCUT2D eigenvalue weighted by Crippen LogP contribution is 2.12. The van der Waals surface area contributed by atoms with Crippen molar-refractivity contribution >= 4 is 11.8 Å². The first-order valence-corrected chi connectivity index (χ1v) is 8.10. The number of carbonyl (C=O) groups excluding carboxylic acids is 2. The lowest BCUT2D eigenvalue weighted by Crippen LogP contribution is -2.51. The van der Waals surface area contributed by atoms with Crippen molar-refractivity contribution in [3.8, 4) is 0 Å². The molecular formula is C17H24FN3O2. The number of carbonyl (C=O) groups is 2. The van der Waals surface area contributed by atoms with Crippen molar-refractivity contribution < 1.29 is 14.0 Å². The lowest BCUT2D eigenvalue weighted by atomic mass is 10.1. The van der Waals surface area contributed by atoms with Gasteiger partial charge in [0.05, 0.1) is 12.1 Å². The van der Waals surface area contributed by atoms with E-state index in [9.17, 15) is 14.0 Å². The molecule has 0 N–H and O–H groups in total. The summed E-state index contributed by atoms with van der Waals surface area (Å²) >= 11 is 0. The van der Waals surface area contributed by atoms with E-state index in [0.29, 0.717) is 45.8 Å². The first-order valence-electron chi connectivity index (χ1n) is 8.10. The van der Waals surface area contributed by atoms with E-state index in [0.717, 1.165) is 0 Å². The molecule has 0 radical (unpaired) electrons. The van der Waals surface area contributed by atoms with Crippen LogP contribution < -0.4 is 0 Å². The van der Waals surface area contributed by atoms with Crippen molar-refractivity contribution in [1.82, 2.24) is 14.7 Å². The van der Waals surface area contributed by atoms with Crippen LogP contribution in [0.5, 0.6) is 0 Å². The highest BCUT2D eigenvalue weighted by Gasteiger charge is 2.25. The van der Waals surface area contributed by atoms with Gasteiger partial charge in [-0.25, -0.2) is 4.39 Å². The van der Waals surface area contributed by atoms with Gasteiger partial charge in [-0.15, -0.1) is 0 Å². The zero-order valence-electron chi connectivity index (χ0n) is 13.8.